The highest BCUT2D eigenvalue weighted by atomic mass is 127. The maximum Gasteiger partial charge on any atom is 0.112 e. The average Bonchev–Trinajstić information content (AvgIpc) is 2.68. The van der Waals surface area contributed by atoms with E-state index >= 15 is 0 Å². The molecule has 0 saturated carbocycles. The predicted octanol–water partition coefficient (Wildman–Crippen LogP) is 0.613. The fourth-order valence-electron chi connectivity index (χ4n) is 3.34. The topological polar surface area (TPSA) is 20.2 Å². The van der Waals surface area contributed by atoms with Crippen LogP contribution in [0.3, 0.4) is 0 Å². The van der Waals surface area contributed by atoms with Crippen molar-refractivity contribution in [2.24, 2.45) is 5.92 Å². The zero-order valence-corrected chi connectivity index (χ0v) is 17.5. The number of hydrogen-bond acceptors (Lipinski definition) is 1. The van der Waals surface area contributed by atoms with E-state index in [4.69, 9.17) is 0 Å². The summed E-state index contributed by atoms with van der Waals surface area (Å²) in [4.78, 5) is 0. The van der Waals surface area contributed by atoms with E-state index in [1.54, 1.807) is 0 Å². The van der Waals surface area contributed by atoms with Crippen molar-refractivity contribution in [1.29, 1.82) is 0 Å². The molecule has 0 heterocycles. The van der Waals surface area contributed by atoms with Crippen LogP contribution in [-0.2, 0) is 0 Å². The molecule has 1 nitrogen and oxygen atoms in total. The summed E-state index contributed by atoms with van der Waals surface area (Å²) in [6.45, 7) is 2.36. The summed E-state index contributed by atoms with van der Waals surface area (Å²) in [6, 6.07) is 32.5. The lowest BCUT2D eigenvalue weighted by atomic mass is 10.2. The predicted molar refractivity (Wildman–Crippen MR) is 106 cm³/mol. The Morgan fingerprint density at radius 1 is 0.680 bits per heavy atom. The zero-order valence-electron chi connectivity index (χ0n) is 14.4. The van der Waals surface area contributed by atoms with Crippen molar-refractivity contribution in [3.63, 3.8) is 0 Å². The average molecular weight is 462 g/mol. The molecule has 3 aromatic carbocycles. The molecule has 0 aliphatic carbocycles. The molecule has 0 aliphatic heterocycles. The Hall–Kier alpha value is -1.22. The van der Waals surface area contributed by atoms with E-state index in [9.17, 15) is 5.11 Å². The first-order valence-electron chi connectivity index (χ1n) is 8.43. The summed E-state index contributed by atoms with van der Waals surface area (Å²) in [5.41, 5.74) is 0. The fraction of sp³-hybridized carbons (Fsp3) is 0.182. The van der Waals surface area contributed by atoms with Gasteiger partial charge in [-0.2, -0.15) is 0 Å². The molecule has 0 fully saturated rings. The monoisotopic (exact) mass is 462 g/mol. The van der Waals surface area contributed by atoms with Gasteiger partial charge in [0.15, 0.2) is 0 Å². The Bertz CT molecular complexity index is 650. The molecule has 130 valence electrons. The highest BCUT2D eigenvalue weighted by Gasteiger charge is 2.45. The molecule has 0 spiro atoms. The summed E-state index contributed by atoms with van der Waals surface area (Å²) in [5.74, 6) is 0.249. The molecule has 3 aromatic rings. The van der Waals surface area contributed by atoms with Gasteiger partial charge in [-0.25, -0.2) is 0 Å². The molecule has 1 N–H and O–H groups in total. The number of benzene rings is 3. The third kappa shape index (κ3) is 4.31. The van der Waals surface area contributed by atoms with Gasteiger partial charge >= 0.3 is 0 Å². The lowest BCUT2D eigenvalue weighted by molar-refractivity contribution is -0.00000568. The molecule has 0 bridgehead atoms. The second-order valence-corrected chi connectivity index (χ2v) is 9.82. The van der Waals surface area contributed by atoms with E-state index in [-0.39, 0.29) is 36.5 Å². The molecule has 0 radical (unpaired) electrons. The Balaban J connectivity index is 0.00000225. The number of halogens is 1. The van der Waals surface area contributed by atoms with E-state index in [1.807, 2.05) is 0 Å². The van der Waals surface area contributed by atoms with Gasteiger partial charge in [-0.15, -0.1) is 0 Å². The Morgan fingerprint density at radius 2 is 1.00 bits per heavy atom. The Kier molecular flexibility index (Phi) is 7.61. The number of hydrogen-bond donors (Lipinski definition) is 1. The molecule has 0 aromatic heterocycles. The zero-order chi connectivity index (χ0) is 16.8. The minimum atomic E-state index is -1.79. The minimum absolute atomic E-state index is 0. The van der Waals surface area contributed by atoms with E-state index in [2.05, 4.69) is 97.9 Å². The van der Waals surface area contributed by atoms with Crippen molar-refractivity contribution in [3.05, 3.63) is 91.0 Å². The van der Waals surface area contributed by atoms with Crippen molar-refractivity contribution in [2.45, 2.75) is 6.92 Å². The van der Waals surface area contributed by atoms with Crippen LogP contribution in [0, 0.1) is 5.92 Å². The first-order chi connectivity index (χ1) is 11.8. The van der Waals surface area contributed by atoms with Gasteiger partial charge < -0.3 is 29.1 Å². The molecular formula is C22H24IOP. The van der Waals surface area contributed by atoms with Gasteiger partial charge in [0.25, 0.3) is 0 Å². The number of rotatable bonds is 6. The van der Waals surface area contributed by atoms with Gasteiger partial charge in [-0.05, 0) is 36.4 Å². The van der Waals surface area contributed by atoms with E-state index < -0.39 is 7.26 Å². The van der Waals surface area contributed by atoms with Gasteiger partial charge in [-0.1, -0.05) is 61.5 Å². The third-order valence-corrected chi connectivity index (χ3v) is 9.20. The van der Waals surface area contributed by atoms with Crippen molar-refractivity contribution >= 4 is 23.2 Å². The van der Waals surface area contributed by atoms with Crippen LogP contribution in [0.4, 0.5) is 0 Å². The molecule has 0 aliphatic rings. The first kappa shape index (κ1) is 20.1. The summed E-state index contributed by atoms with van der Waals surface area (Å²) >= 11 is 0. The summed E-state index contributed by atoms with van der Waals surface area (Å²) in [7, 11) is -1.79. The lowest BCUT2D eigenvalue weighted by Gasteiger charge is -2.29. The van der Waals surface area contributed by atoms with E-state index in [0.29, 0.717) is 0 Å². The lowest BCUT2D eigenvalue weighted by Crippen LogP contribution is -3.00. The SMILES string of the molecule is CC(CO)C[P+](c1ccccc1)(c1ccccc1)c1ccccc1.[I-]. The molecule has 0 amide bonds. The molecule has 1 atom stereocenters. The smallest absolute Gasteiger partial charge is 0.112 e. The Labute approximate surface area is 168 Å². The maximum atomic E-state index is 9.76. The van der Waals surface area contributed by atoms with Gasteiger partial charge in [0.1, 0.15) is 23.2 Å². The molecule has 3 heteroatoms. The van der Waals surface area contributed by atoms with Crippen LogP contribution in [-0.4, -0.2) is 17.9 Å². The Morgan fingerprint density at radius 3 is 1.28 bits per heavy atom. The third-order valence-electron chi connectivity index (χ3n) is 4.49. The highest BCUT2D eigenvalue weighted by Crippen LogP contribution is 2.56. The number of aliphatic hydroxyl groups is 1. The normalized spacial score (nSPS) is 12.2. The first-order valence-corrected chi connectivity index (χ1v) is 10.4. The van der Waals surface area contributed by atoms with Gasteiger partial charge in [0, 0.05) is 12.5 Å². The second kappa shape index (κ2) is 9.47. The van der Waals surface area contributed by atoms with Crippen molar-refractivity contribution in [2.75, 3.05) is 12.8 Å². The quantitative estimate of drug-likeness (QED) is 0.421. The molecule has 1 unspecified atom stereocenters. The van der Waals surface area contributed by atoms with Crippen molar-refractivity contribution in [3.8, 4) is 0 Å². The fourth-order valence-corrected chi connectivity index (χ4v) is 7.96. The van der Waals surface area contributed by atoms with Crippen molar-refractivity contribution in [1.82, 2.24) is 0 Å². The molecular weight excluding hydrogens is 438 g/mol. The van der Waals surface area contributed by atoms with Crippen LogP contribution in [0.5, 0.6) is 0 Å². The second-order valence-electron chi connectivity index (χ2n) is 6.29. The summed E-state index contributed by atoms with van der Waals surface area (Å²) in [6.07, 6.45) is 0.974. The van der Waals surface area contributed by atoms with Crippen LogP contribution in [0.2, 0.25) is 0 Å². The van der Waals surface area contributed by atoms with Crippen LogP contribution in [0.1, 0.15) is 6.92 Å². The van der Waals surface area contributed by atoms with Crippen LogP contribution in [0.25, 0.3) is 0 Å². The van der Waals surface area contributed by atoms with Gasteiger partial charge in [0.05, 0.1) is 6.16 Å². The standard InChI is InChI=1S/C22H24OP.HI/c1-19(17-23)18-24(20-11-5-2-6-12-20,21-13-7-3-8-14-21)22-15-9-4-10-16-22;/h2-16,19,23H,17-18H2,1H3;1H/q+1;/p-1. The number of aliphatic hydroxyl groups excluding tert-OH is 1. The summed E-state index contributed by atoms with van der Waals surface area (Å²) in [5, 5.41) is 13.9. The van der Waals surface area contributed by atoms with Crippen LogP contribution in [0.15, 0.2) is 91.0 Å². The molecule has 3 rings (SSSR count). The van der Waals surface area contributed by atoms with Gasteiger partial charge in [0.2, 0.25) is 0 Å². The van der Waals surface area contributed by atoms with E-state index in [1.165, 1.54) is 15.9 Å². The minimum Gasteiger partial charge on any atom is -1.00 e. The largest absolute Gasteiger partial charge is 1.00 e. The van der Waals surface area contributed by atoms with Crippen LogP contribution >= 0.6 is 7.26 Å². The maximum absolute atomic E-state index is 9.76. The van der Waals surface area contributed by atoms with Crippen LogP contribution < -0.4 is 39.9 Å². The van der Waals surface area contributed by atoms with Crippen molar-refractivity contribution < 1.29 is 29.1 Å². The molecule has 25 heavy (non-hydrogen) atoms. The highest BCUT2D eigenvalue weighted by molar-refractivity contribution is 7.95. The van der Waals surface area contributed by atoms with E-state index in [0.717, 1.165) is 6.16 Å². The summed E-state index contributed by atoms with van der Waals surface area (Å²) < 4.78 is 0. The van der Waals surface area contributed by atoms with Gasteiger partial charge in [-0.3, -0.25) is 0 Å². The molecule has 0 saturated heterocycles.